The fourth-order valence-corrected chi connectivity index (χ4v) is 5.34. The number of carbonyl (C=O) groups is 1. The van der Waals surface area contributed by atoms with Crippen LogP contribution in [0.2, 0.25) is 5.02 Å². The van der Waals surface area contributed by atoms with E-state index in [1.54, 1.807) is 50.6 Å². The third kappa shape index (κ3) is 3.92. The number of amides is 1. The van der Waals surface area contributed by atoms with Gasteiger partial charge in [0.1, 0.15) is 11.7 Å². The Morgan fingerprint density at radius 3 is 2.46 bits per heavy atom. The lowest BCUT2D eigenvalue weighted by molar-refractivity contribution is -0.130. The summed E-state index contributed by atoms with van der Waals surface area (Å²) in [7, 11) is 3.19. The van der Waals surface area contributed by atoms with Crippen molar-refractivity contribution in [3.8, 4) is 17.2 Å². The Bertz CT molecular complexity index is 1280. The average molecular weight is 510 g/mol. The third-order valence-corrected chi connectivity index (χ3v) is 6.99. The molecule has 2 aliphatic heterocycles. The molecule has 2 N–H and O–H groups in total. The molecule has 5 rings (SSSR count). The van der Waals surface area contributed by atoms with Crippen molar-refractivity contribution in [1.29, 1.82) is 0 Å². The van der Waals surface area contributed by atoms with E-state index >= 15 is 0 Å². The Morgan fingerprint density at radius 2 is 1.80 bits per heavy atom. The maximum atomic E-state index is 13.9. The molecule has 2 bridgehead atoms. The van der Waals surface area contributed by atoms with Crippen LogP contribution >= 0.6 is 23.8 Å². The largest absolute Gasteiger partial charge is 0.497 e. The van der Waals surface area contributed by atoms with E-state index in [9.17, 15) is 4.79 Å². The van der Waals surface area contributed by atoms with Crippen molar-refractivity contribution in [1.82, 2.24) is 5.32 Å². The van der Waals surface area contributed by atoms with Crippen LogP contribution in [0.1, 0.15) is 18.5 Å². The van der Waals surface area contributed by atoms with Crippen LogP contribution in [0.5, 0.6) is 17.2 Å². The molecule has 1 fully saturated rings. The van der Waals surface area contributed by atoms with Crippen molar-refractivity contribution < 1.29 is 19.0 Å². The van der Waals surface area contributed by atoms with E-state index in [2.05, 4.69) is 10.6 Å². The lowest BCUT2D eigenvalue weighted by Gasteiger charge is -2.56. The van der Waals surface area contributed by atoms with Crippen molar-refractivity contribution >= 4 is 46.2 Å². The molecule has 1 amide bonds. The van der Waals surface area contributed by atoms with E-state index < -0.39 is 17.7 Å². The van der Waals surface area contributed by atoms with Gasteiger partial charge >= 0.3 is 0 Å². The number of nitrogens with zero attached hydrogens (tertiary/aromatic N) is 1. The number of methoxy groups -OCH3 is 2. The molecule has 0 saturated carbocycles. The monoisotopic (exact) mass is 509 g/mol. The van der Waals surface area contributed by atoms with Crippen molar-refractivity contribution in [2.24, 2.45) is 5.92 Å². The number of fused-ring (bicyclic) bond motifs is 4. The van der Waals surface area contributed by atoms with Gasteiger partial charge in [0.05, 0.1) is 20.3 Å². The number of benzene rings is 3. The van der Waals surface area contributed by atoms with Gasteiger partial charge in [-0.3, -0.25) is 9.69 Å². The van der Waals surface area contributed by atoms with Crippen LogP contribution in [0.25, 0.3) is 0 Å². The van der Waals surface area contributed by atoms with Gasteiger partial charge in [0.2, 0.25) is 5.91 Å². The van der Waals surface area contributed by atoms with Crippen LogP contribution in [0, 0.1) is 5.92 Å². The van der Waals surface area contributed by atoms with E-state index in [4.69, 9.17) is 38.0 Å². The first-order chi connectivity index (χ1) is 16.9. The van der Waals surface area contributed by atoms with Gasteiger partial charge in [0.25, 0.3) is 0 Å². The van der Waals surface area contributed by atoms with Crippen LogP contribution in [0.4, 0.5) is 11.4 Å². The molecule has 2 aliphatic rings. The fraction of sp³-hybridized carbons (Fsp3) is 0.231. The molecule has 9 heteroatoms. The van der Waals surface area contributed by atoms with Crippen LogP contribution in [-0.2, 0) is 4.79 Å². The number of anilines is 2. The van der Waals surface area contributed by atoms with Crippen LogP contribution < -0.4 is 29.7 Å². The van der Waals surface area contributed by atoms with E-state index in [-0.39, 0.29) is 5.91 Å². The minimum absolute atomic E-state index is 0.217. The molecule has 0 spiro atoms. The molecule has 0 aromatic heterocycles. The predicted octanol–water partition coefficient (Wildman–Crippen LogP) is 5.16. The SMILES string of the molecule is COc1ccc(NC(=O)[C@@H]2[C@@H]3NC(=S)N(c4ccc(Cl)cc4)[C@@]2(C)Oc2c(OC)cccc23)cc1. The highest BCUT2D eigenvalue weighted by Gasteiger charge is 2.59. The van der Waals surface area contributed by atoms with E-state index in [1.807, 2.05) is 42.2 Å². The quantitative estimate of drug-likeness (QED) is 0.460. The standard InChI is InChI=1S/C26H24ClN3O4S/c1-26-21(24(31)28-16-9-13-18(32-2)14-10-16)22(19-5-4-6-20(33-3)23(19)34-26)29-25(35)30(26)17-11-7-15(27)8-12-17/h4-14,21-22H,1-3H3,(H,28,31)(H,29,35)/t21-,22+,26-/m0/s1. The van der Waals surface area contributed by atoms with Crippen molar-refractivity contribution in [2.75, 3.05) is 24.4 Å². The Kier molecular flexibility index (Phi) is 5.94. The third-order valence-electron chi connectivity index (χ3n) is 6.43. The highest BCUT2D eigenvalue weighted by Crippen LogP contribution is 2.52. The Hall–Kier alpha value is -3.49. The topological polar surface area (TPSA) is 72.1 Å². The number of rotatable bonds is 5. The number of carbonyl (C=O) groups excluding carboxylic acids is 1. The first-order valence-electron chi connectivity index (χ1n) is 11.0. The molecule has 1 saturated heterocycles. The second-order valence-electron chi connectivity index (χ2n) is 8.47. The Labute approximate surface area is 213 Å². The molecule has 0 unspecified atom stereocenters. The molecule has 180 valence electrons. The molecule has 3 aromatic carbocycles. The molecule has 3 aromatic rings. The van der Waals surface area contributed by atoms with Crippen molar-refractivity contribution in [2.45, 2.75) is 18.7 Å². The number of ether oxygens (including phenoxy) is 3. The van der Waals surface area contributed by atoms with Gasteiger partial charge < -0.3 is 24.8 Å². The van der Waals surface area contributed by atoms with E-state index in [0.29, 0.717) is 33.1 Å². The van der Waals surface area contributed by atoms with Gasteiger partial charge in [-0.15, -0.1) is 0 Å². The van der Waals surface area contributed by atoms with Crippen LogP contribution in [0.15, 0.2) is 66.7 Å². The molecule has 2 heterocycles. The number of para-hydroxylation sites is 1. The first-order valence-corrected chi connectivity index (χ1v) is 11.8. The van der Waals surface area contributed by atoms with Crippen molar-refractivity contribution in [3.63, 3.8) is 0 Å². The molecular weight excluding hydrogens is 486 g/mol. The van der Waals surface area contributed by atoms with Gasteiger partial charge in [-0.1, -0.05) is 23.7 Å². The Balaban J connectivity index is 1.61. The summed E-state index contributed by atoms with van der Waals surface area (Å²) in [5.74, 6) is 0.967. The molecule has 7 nitrogen and oxygen atoms in total. The van der Waals surface area contributed by atoms with E-state index in [1.165, 1.54) is 0 Å². The molecule has 0 radical (unpaired) electrons. The Morgan fingerprint density at radius 1 is 1.09 bits per heavy atom. The lowest BCUT2D eigenvalue weighted by Crippen LogP contribution is -2.72. The summed E-state index contributed by atoms with van der Waals surface area (Å²) in [6.07, 6.45) is 0. The second kappa shape index (κ2) is 8.94. The zero-order valence-corrected chi connectivity index (χ0v) is 20.9. The second-order valence-corrected chi connectivity index (χ2v) is 9.29. The van der Waals surface area contributed by atoms with Crippen molar-refractivity contribution in [3.05, 3.63) is 77.3 Å². The van der Waals surface area contributed by atoms with Crippen LogP contribution in [0.3, 0.4) is 0 Å². The minimum atomic E-state index is -1.17. The van der Waals surface area contributed by atoms with Gasteiger partial charge in [0.15, 0.2) is 22.3 Å². The van der Waals surface area contributed by atoms with Gasteiger partial charge in [-0.25, -0.2) is 0 Å². The summed E-state index contributed by atoms with van der Waals surface area (Å²) in [5.41, 5.74) is 1.02. The average Bonchev–Trinajstić information content (AvgIpc) is 2.84. The smallest absolute Gasteiger partial charge is 0.236 e. The predicted molar refractivity (Wildman–Crippen MR) is 140 cm³/mol. The molecular formula is C26H24ClN3O4S. The zero-order valence-electron chi connectivity index (χ0n) is 19.4. The fourth-order valence-electron chi connectivity index (χ4n) is 4.80. The highest BCUT2D eigenvalue weighted by molar-refractivity contribution is 7.80. The number of hydrogen-bond acceptors (Lipinski definition) is 5. The molecule has 3 atom stereocenters. The summed E-state index contributed by atoms with van der Waals surface area (Å²) in [5, 5.41) is 7.46. The minimum Gasteiger partial charge on any atom is -0.497 e. The summed E-state index contributed by atoms with van der Waals surface area (Å²) in [4.78, 5) is 15.7. The number of halogens is 1. The summed E-state index contributed by atoms with van der Waals surface area (Å²) in [6.45, 7) is 1.87. The summed E-state index contributed by atoms with van der Waals surface area (Å²) < 4.78 is 17.5. The maximum absolute atomic E-state index is 13.9. The van der Waals surface area contributed by atoms with Gasteiger partial charge in [-0.2, -0.15) is 0 Å². The maximum Gasteiger partial charge on any atom is 0.236 e. The summed E-state index contributed by atoms with van der Waals surface area (Å²) in [6, 6.07) is 19.6. The normalized spacial score (nSPS) is 22.4. The molecule has 0 aliphatic carbocycles. The first kappa shape index (κ1) is 23.3. The van der Waals surface area contributed by atoms with Crippen LogP contribution in [-0.4, -0.2) is 31.0 Å². The van der Waals surface area contributed by atoms with Gasteiger partial charge in [0, 0.05) is 22.0 Å². The lowest BCUT2D eigenvalue weighted by atomic mass is 9.78. The van der Waals surface area contributed by atoms with E-state index in [0.717, 1.165) is 11.3 Å². The number of nitrogens with one attached hydrogen (secondary N) is 2. The zero-order chi connectivity index (χ0) is 24.7. The molecule has 35 heavy (non-hydrogen) atoms. The summed E-state index contributed by atoms with van der Waals surface area (Å²) >= 11 is 11.9. The number of thiocarbonyl (C=S) groups is 1. The highest BCUT2D eigenvalue weighted by atomic mass is 35.5. The van der Waals surface area contributed by atoms with Gasteiger partial charge in [-0.05, 0) is 73.7 Å². The number of hydrogen-bond donors (Lipinski definition) is 2.